The number of morpholine rings is 1. The highest BCUT2D eigenvalue weighted by atomic mass is 16.5. The molecule has 4 heteroatoms. The summed E-state index contributed by atoms with van der Waals surface area (Å²) in [5.41, 5.74) is 1.21. The monoisotopic (exact) mass is 250 g/mol. The van der Waals surface area contributed by atoms with Crippen molar-refractivity contribution >= 4 is 5.91 Å². The van der Waals surface area contributed by atoms with Crippen molar-refractivity contribution in [2.45, 2.75) is 32.3 Å². The Morgan fingerprint density at radius 3 is 3.06 bits per heavy atom. The maximum atomic E-state index is 12.1. The van der Waals surface area contributed by atoms with Crippen molar-refractivity contribution < 1.29 is 9.53 Å². The van der Waals surface area contributed by atoms with E-state index in [0.29, 0.717) is 13.0 Å². The SMILES string of the molecule is CC[C@H]1CN(C(=O)CCc2cccn2C)CCO1. The van der Waals surface area contributed by atoms with E-state index in [9.17, 15) is 4.79 Å². The largest absolute Gasteiger partial charge is 0.375 e. The van der Waals surface area contributed by atoms with Crippen LogP contribution in [0.15, 0.2) is 18.3 Å². The van der Waals surface area contributed by atoms with Gasteiger partial charge in [0, 0.05) is 38.4 Å². The first-order valence-corrected chi connectivity index (χ1v) is 6.70. The summed E-state index contributed by atoms with van der Waals surface area (Å²) in [7, 11) is 2.02. The fourth-order valence-electron chi connectivity index (χ4n) is 2.34. The van der Waals surface area contributed by atoms with Gasteiger partial charge in [0.25, 0.3) is 0 Å². The molecule has 18 heavy (non-hydrogen) atoms. The first-order chi connectivity index (χ1) is 8.70. The Labute approximate surface area is 109 Å². The summed E-state index contributed by atoms with van der Waals surface area (Å²) >= 11 is 0. The lowest BCUT2D eigenvalue weighted by Crippen LogP contribution is -2.45. The van der Waals surface area contributed by atoms with Gasteiger partial charge in [-0.2, -0.15) is 0 Å². The average molecular weight is 250 g/mol. The van der Waals surface area contributed by atoms with Crippen LogP contribution in [0.4, 0.5) is 0 Å². The topological polar surface area (TPSA) is 34.5 Å². The summed E-state index contributed by atoms with van der Waals surface area (Å²) < 4.78 is 7.65. The minimum Gasteiger partial charge on any atom is -0.375 e. The van der Waals surface area contributed by atoms with Crippen LogP contribution in [0.2, 0.25) is 0 Å². The molecule has 1 aromatic rings. The number of amides is 1. The Morgan fingerprint density at radius 2 is 2.39 bits per heavy atom. The zero-order chi connectivity index (χ0) is 13.0. The predicted octanol–water partition coefficient (Wildman–Crippen LogP) is 1.60. The van der Waals surface area contributed by atoms with Gasteiger partial charge < -0.3 is 14.2 Å². The molecule has 1 aliphatic rings. The first kappa shape index (κ1) is 13.1. The number of carbonyl (C=O) groups excluding carboxylic acids is 1. The molecule has 0 unspecified atom stereocenters. The number of rotatable bonds is 4. The molecule has 1 aromatic heterocycles. The van der Waals surface area contributed by atoms with Crippen molar-refractivity contribution in [2.75, 3.05) is 19.7 Å². The maximum absolute atomic E-state index is 12.1. The van der Waals surface area contributed by atoms with Crippen molar-refractivity contribution in [1.29, 1.82) is 0 Å². The molecule has 0 radical (unpaired) electrons. The fourth-order valence-corrected chi connectivity index (χ4v) is 2.34. The number of hydrogen-bond acceptors (Lipinski definition) is 2. The second-order valence-electron chi connectivity index (χ2n) is 4.85. The normalized spacial score (nSPS) is 20.1. The first-order valence-electron chi connectivity index (χ1n) is 6.70. The summed E-state index contributed by atoms with van der Waals surface area (Å²) in [6.45, 7) is 4.27. The van der Waals surface area contributed by atoms with E-state index in [1.165, 1.54) is 5.69 Å². The summed E-state index contributed by atoms with van der Waals surface area (Å²) in [4.78, 5) is 14.1. The highest BCUT2D eigenvalue weighted by Crippen LogP contribution is 2.11. The van der Waals surface area contributed by atoms with Gasteiger partial charge in [0.05, 0.1) is 12.7 Å². The van der Waals surface area contributed by atoms with Crippen LogP contribution in [0.1, 0.15) is 25.5 Å². The van der Waals surface area contributed by atoms with Crippen LogP contribution in [0.5, 0.6) is 0 Å². The standard InChI is InChI=1S/C14H22N2O2/c1-3-13-11-16(9-10-18-13)14(17)7-6-12-5-4-8-15(12)2/h4-5,8,13H,3,6-7,9-11H2,1-2H3/t13-/m0/s1. The Hall–Kier alpha value is -1.29. The van der Waals surface area contributed by atoms with Crippen molar-refractivity contribution in [3.8, 4) is 0 Å². The molecule has 100 valence electrons. The van der Waals surface area contributed by atoms with Gasteiger partial charge in [-0.05, 0) is 25.0 Å². The molecule has 1 amide bonds. The molecule has 2 heterocycles. The molecule has 1 saturated heterocycles. The minimum absolute atomic E-state index is 0.220. The maximum Gasteiger partial charge on any atom is 0.223 e. The molecular formula is C14H22N2O2. The molecule has 1 aliphatic heterocycles. The predicted molar refractivity (Wildman–Crippen MR) is 70.3 cm³/mol. The van der Waals surface area contributed by atoms with Gasteiger partial charge in [0.1, 0.15) is 0 Å². The minimum atomic E-state index is 0.220. The zero-order valence-corrected chi connectivity index (χ0v) is 11.3. The molecule has 0 aliphatic carbocycles. The second-order valence-corrected chi connectivity index (χ2v) is 4.85. The van der Waals surface area contributed by atoms with Crippen molar-refractivity contribution in [3.05, 3.63) is 24.0 Å². The van der Waals surface area contributed by atoms with Crippen LogP contribution in [0.25, 0.3) is 0 Å². The number of aromatic nitrogens is 1. The molecule has 0 spiro atoms. The summed E-state index contributed by atoms with van der Waals surface area (Å²) in [6, 6.07) is 4.09. The van der Waals surface area contributed by atoms with Gasteiger partial charge in [-0.25, -0.2) is 0 Å². The number of hydrogen-bond donors (Lipinski definition) is 0. The summed E-state index contributed by atoms with van der Waals surface area (Å²) in [5.74, 6) is 0.248. The summed E-state index contributed by atoms with van der Waals surface area (Å²) in [6.07, 6.45) is 4.62. The number of nitrogens with zero attached hydrogens (tertiary/aromatic N) is 2. The van der Waals surface area contributed by atoms with E-state index in [4.69, 9.17) is 4.74 Å². The van der Waals surface area contributed by atoms with E-state index in [-0.39, 0.29) is 12.0 Å². The molecule has 2 rings (SSSR count). The zero-order valence-electron chi connectivity index (χ0n) is 11.3. The lowest BCUT2D eigenvalue weighted by atomic mass is 10.2. The molecule has 4 nitrogen and oxygen atoms in total. The van der Waals surface area contributed by atoms with Crippen LogP contribution in [-0.2, 0) is 23.0 Å². The highest BCUT2D eigenvalue weighted by molar-refractivity contribution is 5.76. The van der Waals surface area contributed by atoms with Gasteiger partial charge in [0.2, 0.25) is 5.91 Å². The van der Waals surface area contributed by atoms with E-state index in [2.05, 4.69) is 17.6 Å². The molecule has 1 fully saturated rings. The third-order valence-electron chi connectivity index (χ3n) is 3.59. The number of ether oxygens (including phenoxy) is 1. The van der Waals surface area contributed by atoms with E-state index < -0.39 is 0 Å². The number of carbonyl (C=O) groups is 1. The van der Waals surface area contributed by atoms with Gasteiger partial charge >= 0.3 is 0 Å². The Kier molecular flexibility index (Phi) is 4.42. The van der Waals surface area contributed by atoms with E-state index in [1.807, 2.05) is 24.2 Å². The van der Waals surface area contributed by atoms with E-state index >= 15 is 0 Å². The third kappa shape index (κ3) is 3.13. The van der Waals surface area contributed by atoms with E-state index in [0.717, 1.165) is 25.9 Å². The molecule has 1 atom stereocenters. The highest BCUT2D eigenvalue weighted by Gasteiger charge is 2.22. The lowest BCUT2D eigenvalue weighted by molar-refractivity contribution is -0.138. The van der Waals surface area contributed by atoms with Gasteiger partial charge in [-0.15, -0.1) is 0 Å². The van der Waals surface area contributed by atoms with Crippen LogP contribution in [0.3, 0.4) is 0 Å². The molecule has 0 bridgehead atoms. The van der Waals surface area contributed by atoms with Gasteiger partial charge in [0.15, 0.2) is 0 Å². The Morgan fingerprint density at radius 1 is 1.56 bits per heavy atom. The van der Waals surface area contributed by atoms with Crippen LogP contribution in [0, 0.1) is 0 Å². The van der Waals surface area contributed by atoms with Crippen molar-refractivity contribution in [3.63, 3.8) is 0 Å². The lowest BCUT2D eigenvalue weighted by Gasteiger charge is -2.32. The van der Waals surface area contributed by atoms with Crippen LogP contribution < -0.4 is 0 Å². The van der Waals surface area contributed by atoms with Crippen LogP contribution >= 0.6 is 0 Å². The molecule has 0 saturated carbocycles. The van der Waals surface area contributed by atoms with Gasteiger partial charge in [-0.3, -0.25) is 4.79 Å². The second kappa shape index (κ2) is 6.05. The quantitative estimate of drug-likeness (QED) is 0.813. The van der Waals surface area contributed by atoms with Crippen molar-refractivity contribution in [1.82, 2.24) is 9.47 Å². The Bertz CT molecular complexity index is 400. The summed E-state index contributed by atoms with van der Waals surface area (Å²) in [5, 5.41) is 0. The molecular weight excluding hydrogens is 228 g/mol. The Balaban J connectivity index is 1.82. The van der Waals surface area contributed by atoms with Crippen LogP contribution in [-0.4, -0.2) is 41.2 Å². The number of aryl methyl sites for hydroxylation is 2. The smallest absolute Gasteiger partial charge is 0.223 e. The molecule has 0 aromatic carbocycles. The van der Waals surface area contributed by atoms with Crippen molar-refractivity contribution in [2.24, 2.45) is 7.05 Å². The van der Waals surface area contributed by atoms with E-state index in [1.54, 1.807) is 0 Å². The average Bonchev–Trinajstić information content (AvgIpc) is 2.81. The molecule has 0 N–H and O–H groups in total. The third-order valence-corrected chi connectivity index (χ3v) is 3.59. The van der Waals surface area contributed by atoms with Gasteiger partial charge in [-0.1, -0.05) is 6.92 Å². The fraction of sp³-hybridized carbons (Fsp3) is 0.643.